The molecular weight excluding hydrogens is 487 g/mol. The van der Waals surface area contributed by atoms with Crippen molar-refractivity contribution in [2.24, 2.45) is 4.99 Å². The number of thiophene rings is 1. The highest BCUT2D eigenvalue weighted by atomic mass is 127. The van der Waals surface area contributed by atoms with Crippen molar-refractivity contribution < 1.29 is 9.53 Å². The van der Waals surface area contributed by atoms with E-state index in [-0.39, 0.29) is 36.0 Å². The molecular formula is C20H27IN4O2S. The molecule has 0 radical (unpaired) electrons. The third-order valence-corrected chi connectivity index (χ3v) is 5.16. The minimum Gasteiger partial charge on any atom is -0.376 e. The van der Waals surface area contributed by atoms with Gasteiger partial charge in [0.2, 0.25) is 0 Å². The van der Waals surface area contributed by atoms with Gasteiger partial charge >= 0.3 is 0 Å². The Bertz CT molecular complexity index is 761. The van der Waals surface area contributed by atoms with E-state index >= 15 is 0 Å². The van der Waals surface area contributed by atoms with Crippen molar-refractivity contribution in [3.05, 3.63) is 57.8 Å². The quantitative estimate of drug-likeness (QED) is 0.302. The SMILES string of the molecule is CN=C(NCc1ccsc1)NCc1cccc(C(=O)NCC2CCCO2)c1.I. The van der Waals surface area contributed by atoms with E-state index < -0.39 is 0 Å². The lowest BCUT2D eigenvalue weighted by Gasteiger charge is -2.13. The highest BCUT2D eigenvalue weighted by Crippen LogP contribution is 2.11. The summed E-state index contributed by atoms with van der Waals surface area (Å²) >= 11 is 1.68. The summed E-state index contributed by atoms with van der Waals surface area (Å²) in [4.78, 5) is 16.6. The van der Waals surface area contributed by atoms with E-state index in [1.54, 1.807) is 18.4 Å². The predicted molar refractivity (Wildman–Crippen MR) is 125 cm³/mol. The minimum atomic E-state index is -0.0627. The lowest BCUT2D eigenvalue weighted by atomic mass is 10.1. The molecule has 2 aromatic rings. The molecule has 1 saturated heterocycles. The molecule has 1 atom stereocenters. The molecule has 3 rings (SSSR count). The lowest BCUT2D eigenvalue weighted by Crippen LogP contribution is -2.36. The van der Waals surface area contributed by atoms with Gasteiger partial charge in [-0.1, -0.05) is 12.1 Å². The molecule has 1 aromatic carbocycles. The topological polar surface area (TPSA) is 74.8 Å². The standard InChI is InChI=1S/C20H26N4O2S.HI/c1-21-20(24-12-16-7-9-27-14-16)23-11-15-4-2-5-17(10-15)19(25)22-13-18-6-3-8-26-18;/h2,4-5,7,9-10,14,18H,3,6,8,11-13H2,1H3,(H,22,25)(H2,21,23,24);1H. The Morgan fingerprint density at radius 1 is 1.21 bits per heavy atom. The monoisotopic (exact) mass is 514 g/mol. The normalized spacial score (nSPS) is 16.3. The summed E-state index contributed by atoms with van der Waals surface area (Å²) in [5.41, 5.74) is 2.92. The second kappa shape index (κ2) is 12.0. The van der Waals surface area contributed by atoms with Crippen molar-refractivity contribution in [2.75, 3.05) is 20.2 Å². The van der Waals surface area contributed by atoms with E-state index in [0.29, 0.717) is 18.7 Å². The molecule has 6 nitrogen and oxygen atoms in total. The first kappa shape index (κ1) is 22.6. The molecule has 0 spiro atoms. The van der Waals surface area contributed by atoms with Crippen molar-refractivity contribution in [1.82, 2.24) is 16.0 Å². The second-order valence-corrected chi connectivity index (χ2v) is 7.24. The van der Waals surface area contributed by atoms with Gasteiger partial charge in [0.1, 0.15) is 0 Å². The molecule has 8 heteroatoms. The summed E-state index contributed by atoms with van der Waals surface area (Å²) in [6.07, 6.45) is 2.24. The van der Waals surface area contributed by atoms with E-state index in [0.717, 1.165) is 37.5 Å². The molecule has 1 fully saturated rings. The van der Waals surface area contributed by atoms with E-state index in [1.165, 1.54) is 5.56 Å². The summed E-state index contributed by atoms with van der Waals surface area (Å²) in [5, 5.41) is 13.7. The number of rotatable bonds is 7. The van der Waals surface area contributed by atoms with Crippen molar-refractivity contribution in [1.29, 1.82) is 0 Å². The molecule has 152 valence electrons. The van der Waals surface area contributed by atoms with Crippen LogP contribution in [-0.4, -0.2) is 38.2 Å². The number of guanidine groups is 1. The molecule has 1 amide bonds. The zero-order chi connectivity index (χ0) is 18.9. The van der Waals surface area contributed by atoms with Crippen LogP contribution in [0.1, 0.15) is 34.3 Å². The third kappa shape index (κ3) is 7.06. The van der Waals surface area contributed by atoms with Crippen LogP contribution in [-0.2, 0) is 17.8 Å². The summed E-state index contributed by atoms with van der Waals surface area (Å²) in [5.74, 6) is 0.668. The van der Waals surface area contributed by atoms with Crippen molar-refractivity contribution in [3.63, 3.8) is 0 Å². The first-order valence-electron chi connectivity index (χ1n) is 9.19. The molecule has 2 heterocycles. The maximum atomic E-state index is 12.4. The zero-order valence-electron chi connectivity index (χ0n) is 15.9. The highest BCUT2D eigenvalue weighted by Gasteiger charge is 2.16. The van der Waals surface area contributed by atoms with E-state index in [1.807, 2.05) is 24.3 Å². The van der Waals surface area contributed by atoms with Gasteiger partial charge in [0.15, 0.2) is 5.96 Å². The Morgan fingerprint density at radius 2 is 2.04 bits per heavy atom. The Kier molecular flexibility index (Phi) is 9.72. The van der Waals surface area contributed by atoms with Crippen LogP contribution in [0.3, 0.4) is 0 Å². The second-order valence-electron chi connectivity index (χ2n) is 6.46. The van der Waals surface area contributed by atoms with Crippen molar-refractivity contribution in [3.8, 4) is 0 Å². The first-order chi connectivity index (χ1) is 13.2. The van der Waals surface area contributed by atoms with Crippen LogP contribution in [0.15, 0.2) is 46.1 Å². The molecule has 1 aliphatic rings. The van der Waals surface area contributed by atoms with Crippen LogP contribution < -0.4 is 16.0 Å². The number of aliphatic imine (C=N–C) groups is 1. The number of nitrogens with zero attached hydrogens (tertiary/aromatic N) is 1. The average Bonchev–Trinajstić information content (AvgIpc) is 3.40. The summed E-state index contributed by atoms with van der Waals surface area (Å²) in [6, 6.07) is 9.72. The van der Waals surface area contributed by atoms with Crippen LogP contribution in [0, 0.1) is 0 Å². The number of ether oxygens (including phenoxy) is 1. The predicted octanol–water partition coefficient (Wildman–Crippen LogP) is 3.14. The third-order valence-electron chi connectivity index (χ3n) is 4.43. The zero-order valence-corrected chi connectivity index (χ0v) is 19.1. The van der Waals surface area contributed by atoms with Gasteiger partial charge in [0.25, 0.3) is 5.91 Å². The maximum Gasteiger partial charge on any atom is 0.251 e. The maximum absolute atomic E-state index is 12.4. The van der Waals surface area contributed by atoms with E-state index in [9.17, 15) is 4.79 Å². The number of nitrogens with one attached hydrogen (secondary N) is 3. The van der Waals surface area contributed by atoms with Gasteiger partial charge in [0, 0.05) is 38.9 Å². The fraction of sp³-hybridized carbons (Fsp3) is 0.400. The summed E-state index contributed by atoms with van der Waals surface area (Å²) < 4.78 is 5.55. The number of hydrogen-bond donors (Lipinski definition) is 3. The number of amides is 1. The van der Waals surface area contributed by atoms with Gasteiger partial charge in [0.05, 0.1) is 6.10 Å². The average molecular weight is 514 g/mol. The van der Waals surface area contributed by atoms with Crippen LogP contribution >= 0.6 is 35.3 Å². The van der Waals surface area contributed by atoms with Gasteiger partial charge < -0.3 is 20.7 Å². The van der Waals surface area contributed by atoms with Gasteiger partial charge in [-0.3, -0.25) is 9.79 Å². The van der Waals surface area contributed by atoms with Crippen LogP contribution in [0.4, 0.5) is 0 Å². The Morgan fingerprint density at radius 3 is 2.71 bits per heavy atom. The largest absolute Gasteiger partial charge is 0.376 e. The Labute approximate surface area is 187 Å². The molecule has 1 aliphatic heterocycles. The van der Waals surface area contributed by atoms with E-state index in [4.69, 9.17) is 4.74 Å². The number of halogens is 1. The molecule has 1 unspecified atom stereocenters. The number of hydrogen-bond acceptors (Lipinski definition) is 4. The molecule has 28 heavy (non-hydrogen) atoms. The summed E-state index contributed by atoms with van der Waals surface area (Å²) in [6.45, 7) is 2.69. The van der Waals surface area contributed by atoms with Gasteiger partial charge in [-0.05, 0) is 52.9 Å². The molecule has 0 aliphatic carbocycles. The Balaban J connectivity index is 0.00000280. The molecule has 1 aromatic heterocycles. The number of carbonyl (C=O) groups is 1. The van der Waals surface area contributed by atoms with Crippen LogP contribution in [0.5, 0.6) is 0 Å². The first-order valence-corrected chi connectivity index (χ1v) is 10.1. The molecule has 3 N–H and O–H groups in total. The highest BCUT2D eigenvalue weighted by molar-refractivity contribution is 14.0. The van der Waals surface area contributed by atoms with Crippen molar-refractivity contribution in [2.45, 2.75) is 32.0 Å². The fourth-order valence-corrected chi connectivity index (χ4v) is 3.59. The van der Waals surface area contributed by atoms with Gasteiger partial charge in [-0.15, -0.1) is 24.0 Å². The van der Waals surface area contributed by atoms with Gasteiger partial charge in [-0.2, -0.15) is 11.3 Å². The molecule has 0 bridgehead atoms. The smallest absolute Gasteiger partial charge is 0.251 e. The number of benzene rings is 1. The lowest BCUT2D eigenvalue weighted by molar-refractivity contribution is 0.0857. The van der Waals surface area contributed by atoms with Crippen molar-refractivity contribution >= 4 is 47.2 Å². The van der Waals surface area contributed by atoms with E-state index in [2.05, 4.69) is 37.8 Å². The number of carbonyl (C=O) groups excluding carboxylic acids is 1. The molecule has 0 saturated carbocycles. The van der Waals surface area contributed by atoms with Crippen LogP contribution in [0.2, 0.25) is 0 Å². The van der Waals surface area contributed by atoms with Crippen LogP contribution in [0.25, 0.3) is 0 Å². The van der Waals surface area contributed by atoms with Gasteiger partial charge in [-0.25, -0.2) is 0 Å². The Hall–Kier alpha value is -1.65. The summed E-state index contributed by atoms with van der Waals surface area (Å²) in [7, 11) is 1.75. The fourth-order valence-electron chi connectivity index (χ4n) is 2.92. The minimum absolute atomic E-state index is 0.